The quantitative estimate of drug-likeness (QED) is 0.543. The minimum Gasteiger partial charge on any atom is -0.0839 e. The number of allylic oxidation sites excluding steroid dienone is 14. The fourth-order valence-corrected chi connectivity index (χ4v) is 3.62. The van der Waals surface area contributed by atoms with Crippen LogP contribution in [0.2, 0.25) is 0 Å². The van der Waals surface area contributed by atoms with Gasteiger partial charge in [-0.25, -0.2) is 0 Å². The van der Waals surface area contributed by atoms with Crippen molar-refractivity contribution in [2.45, 2.75) is 40.5 Å². The molecule has 0 atom stereocenters. The Morgan fingerprint density at radius 2 is 1.50 bits per heavy atom. The lowest BCUT2D eigenvalue weighted by atomic mass is 9.71. The van der Waals surface area contributed by atoms with Crippen molar-refractivity contribution in [1.29, 1.82) is 0 Å². The third-order valence-electron chi connectivity index (χ3n) is 5.00. The molecule has 0 spiro atoms. The Hall–Kier alpha value is -1.82. The molecule has 0 amide bonds. The van der Waals surface area contributed by atoms with Crippen LogP contribution < -0.4 is 0 Å². The third-order valence-corrected chi connectivity index (χ3v) is 5.00. The number of rotatable bonds is 1. The molecule has 22 heavy (non-hydrogen) atoms. The van der Waals surface area contributed by atoms with Gasteiger partial charge in [0, 0.05) is 0 Å². The highest BCUT2D eigenvalue weighted by Crippen LogP contribution is 2.45. The Balaban J connectivity index is 2.11. The molecule has 3 aliphatic rings. The number of hydrogen-bond acceptors (Lipinski definition) is 0. The van der Waals surface area contributed by atoms with Crippen LogP contribution in [0.5, 0.6) is 0 Å². The molecule has 0 fully saturated rings. The molecule has 0 aromatic rings. The van der Waals surface area contributed by atoms with E-state index in [1.807, 2.05) is 0 Å². The van der Waals surface area contributed by atoms with E-state index in [-0.39, 0.29) is 0 Å². The maximum atomic E-state index is 2.34. The van der Waals surface area contributed by atoms with Crippen molar-refractivity contribution in [2.24, 2.45) is 0 Å². The minimum atomic E-state index is 1.04. The molecule has 112 valence electrons. The molecule has 3 rings (SSSR count). The zero-order chi connectivity index (χ0) is 15.7. The zero-order valence-electron chi connectivity index (χ0n) is 14.0. The summed E-state index contributed by atoms with van der Waals surface area (Å²) in [4.78, 5) is 0. The van der Waals surface area contributed by atoms with E-state index in [0.717, 1.165) is 12.8 Å². The topological polar surface area (TPSA) is 0 Å². The summed E-state index contributed by atoms with van der Waals surface area (Å²) in [5.74, 6) is 1.43. The molecule has 0 nitrogen and oxygen atoms in total. The Morgan fingerprint density at radius 3 is 2.05 bits per heavy atom. The molecule has 0 N–H and O–H groups in total. The van der Waals surface area contributed by atoms with Gasteiger partial charge in [0.2, 0.25) is 0 Å². The van der Waals surface area contributed by atoms with Crippen molar-refractivity contribution >= 4 is 0 Å². The summed E-state index contributed by atoms with van der Waals surface area (Å²) in [7, 11) is 0. The Kier molecular flexibility index (Phi) is 4.20. The second-order valence-electron chi connectivity index (χ2n) is 6.26. The van der Waals surface area contributed by atoms with Crippen LogP contribution in [0.4, 0.5) is 0 Å². The summed E-state index contributed by atoms with van der Waals surface area (Å²) < 4.78 is 0. The van der Waals surface area contributed by atoms with E-state index in [9.17, 15) is 0 Å². The fraction of sp³-hybridized carbons (Fsp3) is 0.273. The van der Waals surface area contributed by atoms with Gasteiger partial charge in [0.05, 0.1) is 5.92 Å². The van der Waals surface area contributed by atoms with Gasteiger partial charge in [-0.2, -0.15) is 0 Å². The number of hydrogen-bond donors (Lipinski definition) is 0. The maximum Gasteiger partial charge on any atom is 0.0512 e. The van der Waals surface area contributed by atoms with Gasteiger partial charge in [-0.05, 0) is 69.2 Å². The van der Waals surface area contributed by atoms with E-state index in [0.29, 0.717) is 0 Å². The summed E-state index contributed by atoms with van der Waals surface area (Å²) in [5, 5.41) is 0. The van der Waals surface area contributed by atoms with Crippen LogP contribution in [-0.2, 0) is 0 Å². The second kappa shape index (κ2) is 6.12. The van der Waals surface area contributed by atoms with Gasteiger partial charge in [-0.1, -0.05) is 59.3 Å². The second-order valence-corrected chi connectivity index (χ2v) is 6.26. The highest BCUT2D eigenvalue weighted by Gasteiger charge is 2.29. The molecule has 0 heterocycles. The Bertz CT molecular complexity index is 668. The van der Waals surface area contributed by atoms with E-state index in [4.69, 9.17) is 0 Å². The summed E-state index contributed by atoms with van der Waals surface area (Å²) in [6, 6.07) is 0. The lowest BCUT2D eigenvalue weighted by Crippen LogP contribution is -2.16. The Morgan fingerprint density at radius 1 is 0.773 bits per heavy atom. The molecule has 0 aromatic heterocycles. The molecule has 0 heteroatoms. The molecule has 2 radical (unpaired) electrons. The van der Waals surface area contributed by atoms with E-state index in [1.54, 1.807) is 0 Å². The highest BCUT2D eigenvalue weighted by molar-refractivity contribution is 5.70. The SMILES string of the molecule is CC1=C(C)C(=C2C=CC=CC2)C(C)=C(C)[C]1C1=CC=CC[CH]1. The van der Waals surface area contributed by atoms with Crippen molar-refractivity contribution in [3.63, 3.8) is 0 Å². The van der Waals surface area contributed by atoms with Crippen LogP contribution in [0.15, 0.2) is 81.5 Å². The minimum absolute atomic E-state index is 1.04. The standard InChI is InChI=1S/C22H24/c1-15-16(2)22(20-13-9-6-10-14-20)18(4)17(3)21(15)19-11-7-5-8-12-19/h5-9,11,13-14H,10,12H2,1-4H3. The monoisotopic (exact) mass is 288 g/mol. The highest BCUT2D eigenvalue weighted by atomic mass is 14.3. The van der Waals surface area contributed by atoms with Gasteiger partial charge in [0.25, 0.3) is 0 Å². The van der Waals surface area contributed by atoms with E-state index >= 15 is 0 Å². The lowest BCUT2D eigenvalue weighted by Gasteiger charge is -2.33. The van der Waals surface area contributed by atoms with Crippen LogP contribution in [0.1, 0.15) is 40.5 Å². The summed E-state index contributed by atoms with van der Waals surface area (Å²) in [6.45, 7) is 9.10. The predicted molar refractivity (Wildman–Crippen MR) is 96.1 cm³/mol. The predicted octanol–water partition coefficient (Wildman–Crippen LogP) is 6.15. The fourth-order valence-electron chi connectivity index (χ4n) is 3.62. The molecule has 0 unspecified atom stereocenters. The molecule has 0 aliphatic heterocycles. The lowest BCUT2D eigenvalue weighted by molar-refractivity contribution is 0.999. The molecule has 3 aliphatic carbocycles. The molecule has 0 saturated heterocycles. The van der Waals surface area contributed by atoms with Crippen LogP contribution >= 0.6 is 0 Å². The third kappa shape index (κ3) is 2.52. The Labute approximate surface area is 135 Å². The van der Waals surface area contributed by atoms with Gasteiger partial charge in [-0.15, -0.1) is 0 Å². The van der Waals surface area contributed by atoms with Crippen molar-refractivity contribution < 1.29 is 0 Å². The molecule has 0 saturated carbocycles. The first kappa shape index (κ1) is 15.1. The van der Waals surface area contributed by atoms with Crippen LogP contribution in [0.25, 0.3) is 0 Å². The molecular weight excluding hydrogens is 264 g/mol. The van der Waals surface area contributed by atoms with Gasteiger partial charge in [0.1, 0.15) is 0 Å². The van der Waals surface area contributed by atoms with Crippen molar-refractivity contribution in [1.82, 2.24) is 0 Å². The smallest absolute Gasteiger partial charge is 0.0512 e. The van der Waals surface area contributed by atoms with Gasteiger partial charge < -0.3 is 0 Å². The largest absolute Gasteiger partial charge is 0.0839 e. The van der Waals surface area contributed by atoms with Crippen LogP contribution in [-0.4, -0.2) is 0 Å². The zero-order valence-corrected chi connectivity index (χ0v) is 14.0. The average molecular weight is 288 g/mol. The van der Waals surface area contributed by atoms with Gasteiger partial charge in [0.15, 0.2) is 0 Å². The van der Waals surface area contributed by atoms with Gasteiger partial charge >= 0.3 is 0 Å². The molecule has 0 bridgehead atoms. The first-order chi connectivity index (χ1) is 10.6. The maximum absolute atomic E-state index is 2.34. The van der Waals surface area contributed by atoms with Gasteiger partial charge in [-0.3, -0.25) is 0 Å². The van der Waals surface area contributed by atoms with Crippen LogP contribution in [0.3, 0.4) is 0 Å². The van der Waals surface area contributed by atoms with Crippen molar-refractivity contribution in [3.05, 3.63) is 93.9 Å². The first-order valence-corrected chi connectivity index (χ1v) is 8.11. The summed E-state index contributed by atoms with van der Waals surface area (Å²) >= 11 is 0. The molecule has 0 aromatic carbocycles. The van der Waals surface area contributed by atoms with Crippen molar-refractivity contribution in [3.8, 4) is 0 Å². The average Bonchev–Trinajstić information content (AvgIpc) is 2.55. The van der Waals surface area contributed by atoms with E-state index in [2.05, 4.69) is 76.6 Å². The summed E-state index contributed by atoms with van der Waals surface area (Å²) in [5.41, 5.74) is 9.97. The van der Waals surface area contributed by atoms with Crippen LogP contribution in [0, 0.1) is 12.3 Å². The molecular formula is C22H24. The normalized spacial score (nSPS) is 22.8. The van der Waals surface area contributed by atoms with E-state index < -0.39 is 0 Å². The summed E-state index contributed by atoms with van der Waals surface area (Å²) in [6.07, 6.45) is 19.8. The first-order valence-electron chi connectivity index (χ1n) is 8.11. The van der Waals surface area contributed by atoms with Crippen molar-refractivity contribution in [2.75, 3.05) is 0 Å². The van der Waals surface area contributed by atoms with E-state index in [1.165, 1.54) is 44.9 Å².